The molecular weight excluding hydrogens is 444 g/mol. The van der Waals surface area contributed by atoms with E-state index in [1.807, 2.05) is 0 Å². The molecule has 14 heteroatoms. The van der Waals surface area contributed by atoms with Gasteiger partial charge in [-0.1, -0.05) is 0 Å². The quantitative estimate of drug-likeness (QED) is 0.169. The summed E-state index contributed by atoms with van der Waals surface area (Å²) in [5, 5.41) is 65.2. The molecule has 0 spiro atoms. The second kappa shape index (κ2) is 10.6. The summed E-state index contributed by atoms with van der Waals surface area (Å²) in [6.45, 7) is 1.22. The first-order chi connectivity index (χ1) is 15.4. The van der Waals surface area contributed by atoms with Crippen LogP contribution in [0.15, 0.2) is 0 Å². The lowest BCUT2D eigenvalue weighted by Crippen LogP contribution is -2.69. The van der Waals surface area contributed by atoms with Crippen LogP contribution in [0.2, 0.25) is 0 Å². The monoisotopic (exact) mass is 482 g/mol. The molecule has 1 aliphatic carbocycles. The molecule has 2 aliphatic heterocycles. The summed E-state index contributed by atoms with van der Waals surface area (Å²) >= 11 is 0. The van der Waals surface area contributed by atoms with Crippen LogP contribution in [0.3, 0.4) is 0 Å². The predicted molar refractivity (Wildman–Crippen MR) is 111 cm³/mol. The minimum atomic E-state index is -1.63. The molecule has 3 rings (SSSR count). The van der Waals surface area contributed by atoms with Gasteiger partial charge in [-0.05, 0) is 20.4 Å². The van der Waals surface area contributed by atoms with E-state index in [1.165, 1.54) is 6.92 Å². The highest BCUT2D eigenvalue weighted by atomic mass is 16.7. The Morgan fingerprint density at radius 1 is 0.909 bits per heavy atom. The lowest BCUT2D eigenvalue weighted by atomic mass is 9.84. The van der Waals surface area contributed by atoms with Gasteiger partial charge in [0.05, 0.1) is 12.6 Å². The average Bonchev–Trinajstić information content (AvgIpc) is 2.75. The van der Waals surface area contributed by atoms with Gasteiger partial charge < -0.3 is 72.1 Å². The van der Waals surface area contributed by atoms with Gasteiger partial charge in [0.15, 0.2) is 12.6 Å². The van der Waals surface area contributed by atoms with Crippen molar-refractivity contribution in [1.82, 2.24) is 5.32 Å². The van der Waals surface area contributed by atoms with Crippen LogP contribution in [-0.4, -0.2) is 136 Å². The Kier molecular flexibility index (Phi) is 8.68. The van der Waals surface area contributed by atoms with Crippen LogP contribution in [-0.2, 0) is 18.9 Å². The molecule has 3 fully saturated rings. The maximum atomic E-state index is 11.0. The summed E-state index contributed by atoms with van der Waals surface area (Å²) in [4.78, 5) is 0. The van der Waals surface area contributed by atoms with E-state index in [0.29, 0.717) is 0 Å². The Labute approximate surface area is 191 Å². The number of nitrogens with one attached hydrogen (secondary N) is 1. The molecule has 14 nitrogen and oxygen atoms in total. The molecule has 2 saturated heterocycles. The third kappa shape index (κ3) is 5.34. The zero-order valence-corrected chi connectivity index (χ0v) is 18.7. The molecular formula is C19H38N4O10. The fourth-order valence-electron chi connectivity index (χ4n) is 4.74. The SMILES string of the molecule is CN[C@@H]1[C@@H](O)[C@@H](O[C@@H]2[C@@H](O)[C@@H](O[C@H]3O[C@H](CN)[C@@H](O)[C@H](O)[C@H]3O)[C@@H](N)C[C@@H]2N)OC[C@]1(C)O. The van der Waals surface area contributed by atoms with Crippen LogP contribution in [0.5, 0.6) is 0 Å². The van der Waals surface area contributed by atoms with Crippen molar-refractivity contribution in [2.24, 2.45) is 17.2 Å². The van der Waals surface area contributed by atoms with Gasteiger partial charge in [0.2, 0.25) is 0 Å². The second-order valence-corrected chi connectivity index (χ2v) is 9.30. The first kappa shape index (κ1) is 27.0. The van der Waals surface area contributed by atoms with Gasteiger partial charge >= 0.3 is 0 Å². The number of aliphatic hydroxyl groups excluding tert-OH is 5. The van der Waals surface area contributed by atoms with E-state index in [4.69, 9.17) is 36.1 Å². The number of likely N-dealkylation sites (N-methyl/N-ethyl adjacent to an activating group) is 1. The van der Waals surface area contributed by atoms with Gasteiger partial charge in [0, 0.05) is 18.6 Å². The summed E-state index contributed by atoms with van der Waals surface area (Å²) in [7, 11) is 1.57. The second-order valence-electron chi connectivity index (χ2n) is 9.30. The van der Waals surface area contributed by atoms with Crippen molar-refractivity contribution in [2.45, 2.75) is 98.5 Å². The summed E-state index contributed by atoms with van der Waals surface area (Å²) in [5.74, 6) is 0. The van der Waals surface area contributed by atoms with E-state index in [0.717, 1.165) is 0 Å². The van der Waals surface area contributed by atoms with E-state index in [9.17, 15) is 30.6 Å². The van der Waals surface area contributed by atoms with Crippen molar-refractivity contribution in [3.63, 3.8) is 0 Å². The Balaban J connectivity index is 1.71. The largest absolute Gasteiger partial charge is 0.388 e. The van der Waals surface area contributed by atoms with E-state index < -0.39 is 85.1 Å². The number of aliphatic hydroxyl groups is 6. The molecule has 13 N–H and O–H groups in total. The number of hydrogen-bond acceptors (Lipinski definition) is 14. The fourth-order valence-corrected chi connectivity index (χ4v) is 4.74. The molecule has 0 aromatic heterocycles. The minimum Gasteiger partial charge on any atom is -0.388 e. The normalized spacial score (nSPS) is 53.7. The zero-order valence-electron chi connectivity index (χ0n) is 18.7. The summed E-state index contributed by atoms with van der Waals surface area (Å²) in [6, 6.07) is -2.30. The molecule has 194 valence electrons. The number of ether oxygens (including phenoxy) is 4. The molecule has 0 unspecified atom stereocenters. The van der Waals surface area contributed by atoms with Crippen molar-refractivity contribution in [2.75, 3.05) is 20.2 Å². The number of nitrogens with two attached hydrogens (primary N) is 3. The summed E-state index contributed by atoms with van der Waals surface area (Å²) in [6.07, 6.45) is -13.0. The molecule has 14 atom stereocenters. The molecule has 0 aromatic rings. The van der Waals surface area contributed by atoms with Crippen LogP contribution < -0.4 is 22.5 Å². The molecule has 0 amide bonds. The van der Waals surface area contributed by atoms with Crippen LogP contribution in [0.4, 0.5) is 0 Å². The van der Waals surface area contributed by atoms with Gasteiger partial charge in [0.25, 0.3) is 0 Å². The Morgan fingerprint density at radius 3 is 2.03 bits per heavy atom. The molecule has 33 heavy (non-hydrogen) atoms. The highest BCUT2D eigenvalue weighted by Gasteiger charge is 2.52. The smallest absolute Gasteiger partial charge is 0.187 e. The van der Waals surface area contributed by atoms with Crippen molar-refractivity contribution in [3.8, 4) is 0 Å². The molecule has 1 saturated carbocycles. The number of rotatable bonds is 6. The third-order valence-corrected chi connectivity index (χ3v) is 6.69. The Morgan fingerprint density at radius 2 is 1.48 bits per heavy atom. The average molecular weight is 483 g/mol. The van der Waals surface area contributed by atoms with Crippen molar-refractivity contribution in [3.05, 3.63) is 0 Å². The maximum Gasteiger partial charge on any atom is 0.187 e. The molecule has 0 bridgehead atoms. The third-order valence-electron chi connectivity index (χ3n) is 6.69. The van der Waals surface area contributed by atoms with E-state index in [2.05, 4.69) is 5.32 Å². The standard InChI is InChI=1S/C19H38N4O10/c1-19(29)5-30-17(13(28)16(19)23-2)32-14-6(21)3-7(22)15(12(14)27)33-18-11(26)10(25)9(24)8(4-20)31-18/h6-18,23-29H,3-5,20-22H2,1-2H3/t6-,7-,8+,9+,10-,11+,12+,13+,14-,15-,16+,17+,18+,19-/m0/s1. The van der Waals surface area contributed by atoms with Crippen molar-refractivity contribution in [1.29, 1.82) is 0 Å². The first-order valence-corrected chi connectivity index (χ1v) is 11.0. The molecule has 3 aliphatic rings. The van der Waals surface area contributed by atoms with Crippen LogP contribution in [0.1, 0.15) is 13.3 Å². The van der Waals surface area contributed by atoms with Gasteiger partial charge in [-0.2, -0.15) is 0 Å². The van der Waals surface area contributed by atoms with Gasteiger partial charge in [-0.3, -0.25) is 0 Å². The Hall–Kier alpha value is -0.560. The molecule has 2 heterocycles. The van der Waals surface area contributed by atoms with E-state index >= 15 is 0 Å². The first-order valence-electron chi connectivity index (χ1n) is 11.0. The van der Waals surface area contributed by atoms with Crippen LogP contribution in [0, 0.1) is 0 Å². The van der Waals surface area contributed by atoms with E-state index in [1.54, 1.807) is 7.05 Å². The minimum absolute atomic E-state index is 0.138. The maximum absolute atomic E-state index is 11.0. The summed E-state index contributed by atoms with van der Waals surface area (Å²) in [5.41, 5.74) is 16.5. The van der Waals surface area contributed by atoms with Gasteiger partial charge in [0.1, 0.15) is 54.4 Å². The van der Waals surface area contributed by atoms with Crippen molar-refractivity contribution >= 4 is 0 Å². The molecule has 0 radical (unpaired) electrons. The van der Waals surface area contributed by atoms with Crippen LogP contribution in [0.25, 0.3) is 0 Å². The lowest BCUT2D eigenvalue weighted by Gasteiger charge is -2.48. The fraction of sp³-hybridized carbons (Fsp3) is 1.00. The molecule has 0 aromatic carbocycles. The van der Waals surface area contributed by atoms with Gasteiger partial charge in [-0.15, -0.1) is 0 Å². The predicted octanol–water partition coefficient (Wildman–Crippen LogP) is -6.00. The van der Waals surface area contributed by atoms with Crippen molar-refractivity contribution < 1.29 is 49.6 Å². The Bertz CT molecular complexity index is 646. The topological polar surface area (TPSA) is 248 Å². The van der Waals surface area contributed by atoms with E-state index in [-0.39, 0.29) is 19.6 Å². The lowest BCUT2D eigenvalue weighted by molar-refractivity contribution is -0.329. The highest BCUT2D eigenvalue weighted by Crippen LogP contribution is 2.31. The highest BCUT2D eigenvalue weighted by molar-refractivity contribution is 5.02. The zero-order chi connectivity index (χ0) is 24.7. The summed E-state index contributed by atoms with van der Waals surface area (Å²) < 4.78 is 22.5. The van der Waals surface area contributed by atoms with Crippen LogP contribution >= 0.6 is 0 Å². The number of hydrogen-bond donors (Lipinski definition) is 10. The van der Waals surface area contributed by atoms with Gasteiger partial charge in [-0.25, -0.2) is 0 Å².